The van der Waals surface area contributed by atoms with Crippen molar-refractivity contribution in [2.24, 2.45) is 0 Å². The van der Waals surface area contributed by atoms with E-state index in [-0.39, 0.29) is 11.8 Å². The van der Waals surface area contributed by atoms with Gasteiger partial charge in [-0.05, 0) is 30.2 Å². The van der Waals surface area contributed by atoms with Gasteiger partial charge in [-0.3, -0.25) is 4.79 Å². The van der Waals surface area contributed by atoms with Gasteiger partial charge in [0.1, 0.15) is 17.4 Å². The molecule has 28 heavy (non-hydrogen) atoms. The third kappa shape index (κ3) is 3.91. The Morgan fingerprint density at radius 2 is 1.93 bits per heavy atom. The Bertz CT molecular complexity index is 968. The summed E-state index contributed by atoms with van der Waals surface area (Å²) in [6.07, 6.45) is 0.549. The van der Waals surface area contributed by atoms with Crippen LogP contribution in [0.3, 0.4) is 0 Å². The zero-order valence-corrected chi connectivity index (χ0v) is 16.2. The Balaban J connectivity index is 1.50. The highest BCUT2D eigenvalue weighted by Gasteiger charge is 2.31. The predicted octanol–water partition coefficient (Wildman–Crippen LogP) is 3.16. The van der Waals surface area contributed by atoms with E-state index in [4.69, 9.17) is 4.74 Å². The summed E-state index contributed by atoms with van der Waals surface area (Å²) in [6, 6.07) is 18.2. The molecule has 1 amide bonds. The minimum absolute atomic E-state index is 0.169. The number of hydrogen-bond donors (Lipinski definition) is 0. The molecule has 2 aromatic carbocycles. The lowest BCUT2D eigenvalue weighted by molar-refractivity contribution is -0.128. The second kappa shape index (κ2) is 7.84. The summed E-state index contributed by atoms with van der Waals surface area (Å²) in [6.45, 7) is 3.67. The number of amides is 1. The minimum atomic E-state index is 0.169. The van der Waals surface area contributed by atoms with Crippen molar-refractivity contribution in [2.45, 2.75) is 32.4 Å². The quantitative estimate of drug-likeness (QED) is 0.663. The monoisotopic (exact) mass is 376 g/mol. The fourth-order valence-corrected chi connectivity index (χ4v) is 3.73. The summed E-state index contributed by atoms with van der Waals surface area (Å²) in [5.74, 6) is 2.75. The lowest BCUT2D eigenvalue weighted by Crippen LogP contribution is -2.26. The van der Waals surface area contributed by atoms with Crippen LogP contribution in [0.15, 0.2) is 54.6 Å². The van der Waals surface area contributed by atoms with E-state index < -0.39 is 0 Å². The average Bonchev–Trinajstić information content (AvgIpc) is 3.25. The molecule has 2 heterocycles. The predicted molar refractivity (Wildman–Crippen MR) is 106 cm³/mol. The topological polar surface area (TPSA) is 60.2 Å². The molecular weight excluding hydrogens is 352 g/mol. The lowest BCUT2D eigenvalue weighted by Gasteiger charge is -2.17. The van der Waals surface area contributed by atoms with Gasteiger partial charge in [-0.25, -0.2) is 9.67 Å². The Kier molecular flexibility index (Phi) is 5.10. The van der Waals surface area contributed by atoms with Crippen LogP contribution in [0.1, 0.15) is 35.1 Å². The van der Waals surface area contributed by atoms with Crippen LogP contribution < -0.4 is 4.74 Å². The van der Waals surface area contributed by atoms with E-state index in [1.165, 1.54) is 5.56 Å². The highest BCUT2D eigenvalue weighted by molar-refractivity contribution is 5.79. The van der Waals surface area contributed by atoms with Crippen LogP contribution in [0, 0.1) is 6.92 Å². The van der Waals surface area contributed by atoms with Crippen molar-refractivity contribution in [3.63, 3.8) is 0 Å². The molecule has 1 aromatic heterocycles. The van der Waals surface area contributed by atoms with Crippen LogP contribution in [0.5, 0.6) is 5.75 Å². The second-order valence-electron chi connectivity index (χ2n) is 7.17. The number of ether oxygens (including phenoxy) is 1. The maximum Gasteiger partial charge on any atom is 0.223 e. The Morgan fingerprint density at radius 1 is 1.11 bits per heavy atom. The summed E-state index contributed by atoms with van der Waals surface area (Å²) in [5, 5.41) is 4.53. The SMILES string of the molecule is COc1cccc(Cn2nc(C)nc2CN2C[C@@H](c3ccccc3)CC2=O)c1. The van der Waals surface area contributed by atoms with Gasteiger partial charge in [0.2, 0.25) is 5.91 Å². The van der Waals surface area contributed by atoms with Gasteiger partial charge in [-0.1, -0.05) is 42.5 Å². The van der Waals surface area contributed by atoms with Gasteiger partial charge in [0, 0.05) is 18.9 Å². The fourth-order valence-electron chi connectivity index (χ4n) is 3.73. The van der Waals surface area contributed by atoms with Crippen LogP contribution in [0.25, 0.3) is 0 Å². The summed E-state index contributed by atoms with van der Waals surface area (Å²) < 4.78 is 7.19. The number of likely N-dealkylation sites (tertiary alicyclic amines) is 1. The normalized spacial score (nSPS) is 16.6. The van der Waals surface area contributed by atoms with Crippen LogP contribution in [0.2, 0.25) is 0 Å². The number of carbonyl (C=O) groups is 1. The van der Waals surface area contributed by atoms with Gasteiger partial charge in [0.15, 0.2) is 0 Å². The molecule has 1 saturated heterocycles. The first kappa shape index (κ1) is 18.2. The zero-order chi connectivity index (χ0) is 19.5. The molecule has 3 aromatic rings. The van der Waals surface area contributed by atoms with E-state index in [1.54, 1.807) is 7.11 Å². The van der Waals surface area contributed by atoms with Crippen molar-refractivity contribution in [1.29, 1.82) is 0 Å². The maximum absolute atomic E-state index is 12.6. The molecule has 0 bridgehead atoms. The smallest absolute Gasteiger partial charge is 0.223 e. The average molecular weight is 376 g/mol. The maximum atomic E-state index is 12.6. The molecule has 1 aliphatic rings. The summed E-state index contributed by atoms with van der Waals surface area (Å²) >= 11 is 0. The number of nitrogens with zero attached hydrogens (tertiary/aromatic N) is 4. The van der Waals surface area contributed by atoms with Crippen molar-refractivity contribution in [3.8, 4) is 5.75 Å². The Morgan fingerprint density at radius 3 is 2.71 bits per heavy atom. The van der Waals surface area contributed by atoms with Gasteiger partial charge in [-0.2, -0.15) is 5.10 Å². The number of benzene rings is 2. The van der Waals surface area contributed by atoms with Crippen molar-refractivity contribution in [2.75, 3.05) is 13.7 Å². The molecule has 1 fully saturated rings. The van der Waals surface area contributed by atoms with Crippen LogP contribution in [-0.2, 0) is 17.9 Å². The number of rotatable bonds is 6. The van der Waals surface area contributed by atoms with Gasteiger partial charge >= 0.3 is 0 Å². The molecule has 6 nitrogen and oxygen atoms in total. The van der Waals surface area contributed by atoms with E-state index in [1.807, 2.05) is 59.0 Å². The van der Waals surface area contributed by atoms with Crippen molar-refractivity contribution < 1.29 is 9.53 Å². The van der Waals surface area contributed by atoms with E-state index in [0.29, 0.717) is 31.9 Å². The van der Waals surface area contributed by atoms with Gasteiger partial charge < -0.3 is 9.64 Å². The highest BCUT2D eigenvalue weighted by Crippen LogP contribution is 2.29. The summed E-state index contributed by atoms with van der Waals surface area (Å²) in [4.78, 5) is 19.0. The van der Waals surface area contributed by atoms with Crippen LogP contribution in [-0.4, -0.2) is 39.2 Å². The molecule has 6 heteroatoms. The fraction of sp³-hybridized carbons (Fsp3) is 0.318. The molecule has 0 spiro atoms. The molecule has 0 unspecified atom stereocenters. The number of hydrogen-bond acceptors (Lipinski definition) is 4. The van der Waals surface area contributed by atoms with E-state index >= 15 is 0 Å². The zero-order valence-electron chi connectivity index (χ0n) is 16.2. The largest absolute Gasteiger partial charge is 0.497 e. The van der Waals surface area contributed by atoms with Gasteiger partial charge in [0.05, 0.1) is 20.2 Å². The van der Waals surface area contributed by atoms with Crippen LogP contribution >= 0.6 is 0 Å². The Hall–Kier alpha value is -3.15. The number of methoxy groups -OCH3 is 1. The molecule has 0 N–H and O–H groups in total. The lowest BCUT2D eigenvalue weighted by atomic mass is 9.99. The third-order valence-corrected chi connectivity index (χ3v) is 5.14. The molecule has 4 rings (SSSR count). The van der Waals surface area contributed by atoms with Crippen molar-refractivity contribution in [3.05, 3.63) is 77.4 Å². The van der Waals surface area contributed by atoms with E-state index in [2.05, 4.69) is 22.2 Å². The standard InChI is InChI=1S/C22H24N4O2/c1-16-23-21(26(24-16)13-17-7-6-10-20(11-17)28-2)15-25-14-19(12-22(25)27)18-8-4-3-5-9-18/h3-11,19H,12-15H2,1-2H3/t19-/m0/s1. The van der Waals surface area contributed by atoms with Crippen molar-refractivity contribution in [1.82, 2.24) is 19.7 Å². The number of carbonyl (C=O) groups excluding carboxylic acids is 1. The highest BCUT2D eigenvalue weighted by atomic mass is 16.5. The van der Waals surface area contributed by atoms with Gasteiger partial charge in [0.25, 0.3) is 0 Å². The van der Waals surface area contributed by atoms with Gasteiger partial charge in [-0.15, -0.1) is 0 Å². The summed E-state index contributed by atoms with van der Waals surface area (Å²) in [7, 11) is 1.66. The Labute approximate surface area is 164 Å². The first-order chi connectivity index (χ1) is 13.6. The van der Waals surface area contributed by atoms with Crippen LogP contribution in [0.4, 0.5) is 0 Å². The van der Waals surface area contributed by atoms with E-state index in [0.717, 1.165) is 17.1 Å². The molecule has 1 aliphatic heterocycles. The van der Waals surface area contributed by atoms with Crippen molar-refractivity contribution >= 4 is 5.91 Å². The minimum Gasteiger partial charge on any atom is -0.497 e. The first-order valence-electron chi connectivity index (χ1n) is 9.48. The molecule has 144 valence electrons. The molecule has 0 saturated carbocycles. The molecule has 0 aliphatic carbocycles. The number of aryl methyl sites for hydroxylation is 1. The summed E-state index contributed by atoms with van der Waals surface area (Å²) in [5.41, 5.74) is 2.30. The molecule has 1 atom stereocenters. The second-order valence-corrected chi connectivity index (χ2v) is 7.17. The molecule has 0 radical (unpaired) electrons. The van der Waals surface area contributed by atoms with E-state index in [9.17, 15) is 4.79 Å². The molecular formula is C22H24N4O2. The number of aromatic nitrogens is 3. The third-order valence-electron chi connectivity index (χ3n) is 5.14. The first-order valence-corrected chi connectivity index (χ1v) is 9.48.